The van der Waals surface area contributed by atoms with Gasteiger partial charge in [0, 0.05) is 12.0 Å². The van der Waals surface area contributed by atoms with Gasteiger partial charge in [0.2, 0.25) is 5.71 Å². The van der Waals surface area contributed by atoms with Gasteiger partial charge >= 0.3 is 0 Å². The number of anilines is 1. The van der Waals surface area contributed by atoms with Crippen LogP contribution in [0.2, 0.25) is 0 Å². The van der Waals surface area contributed by atoms with Crippen LogP contribution in [0.15, 0.2) is 10.7 Å². The fourth-order valence-corrected chi connectivity index (χ4v) is 4.92. The molecule has 0 atom stereocenters. The van der Waals surface area contributed by atoms with Crippen LogP contribution in [0.25, 0.3) is 22.2 Å². The lowest BCUT2D eigenvalue weighted by atomic mass is 9.88. The quantitative estimate of drug-likeness (QED) is 0.712. The molecule has 1 N–H and O–H groups in total. The molecule has 0 amide bonds. The minimum atomic E-state index is -0.205. The van der Waals surface area contributed by atoms with Gasteiger partial charge in [-0.3, -0.25) is 0 Å². The van der Waals surface area contributed by atoms with E-state index >= 15 is 0 Å². The van der Waals surface area contributed by atoms with Crippen LogP contribution in [0.4, 0.5) is 5.82 Å². The molecule has 160 valence electrons. The Labute approximate surface area is 177 Å². The molecule has 2 aliphatic heterocycles. The molecule has 30 heavy (non-hydrogen) atoms. The number of hydrogen-bond acceptors (Lipinski definition) is 6. The first-order valence-corrected chi connectivity index (χ1v) is 11.3. The summed E-state index contributed by atoms with van der Waals surface area (Å²) in [5.74, 6) is 0.908. The van der Waals surface area contributed by atoms with Crippen molar-refractivity contribution in [2.45, 2.75) is 59.2 Å². The van der Waals surface area contributed by atoms with Crippen LogP contribution in [0.5, 0.6) is 0 Å². The summed E-state index contributed by atoms with van der Waals surface area (Å²) < 4.78 is 12.5. The van der Waals surface area contributed by atoms with E-state index in [0.717, 1.165) is 73.4 Å². The Hall–Kier alpha value is -2.25. The molecule has 5 heterocycles. The lowest BCUT2D eigenvalue weighted by molar-refractivity contribution is -0.898. The smallest absolute Gasteiger partial charge is 0.229 e. The zero-order chi connectivity index (χ0) is 20.9. The van der Waals surface area contributed by atoms with Gasteiger partial charge in [-0.15, -0.1) is 0 Å². The number of pyridine rings is 1. The monoisotopic (exact) mass is 410 g/mol. The zero-order valence-electron chi connectivity index (χ0n) is 18.5. The Bertz CT molecular complexity index is 1080. The second kappa shape index (κ2) is 7.46. The van der Waals surface area contributed by atoms with Crippen molar-refractivity contribution < 1.29 is 14.1 Å². The number of piperazine rings is 1. The number of furan rings is 1. The van der Waals surface area contributed by atoms with Crippen LogP contribution in [0, 0.1) is 0 Å². The molecule has 0 aliphatic carbocycles. The average molecular weight is 411 g/mol. The topological polar surface area (TPSA) is 68.7 Å². The summed E-state index contributed by atoms with van der Waals surface area (Å²) in [6.07, 6.45) is 4.50. The van der Waals surface area contributed by atoms with Crippen molar-refractivity contribution >= 4 is 28.0 Å². The highest BCUT2D eigenvalue weighted by Crippen LogP contribution is 2.40. The molecule has 1 saturated heterocycles. The molecule has 0 bridgehead atoms. The second-order valence-corrected chi connectivity index (χ2v) is 9.24. The maximum atomic E-state index is 6.39. The number of aromatic nitrogens is 3. The first kappa shape index (κ1) is 19.7. The number of hydrogen-bond donors (Lipinski definition) is 1. The average Bonchev–Trinajstić information content (AvgIpc) is 3.12. The molecule has 1 fully saturated rings. The Morgan fingerprint density at radius 2 is 1.93 bits per heavy atom. The summed E-state index contributed by atoms with van der Waals surface area (Å²) in [7, 11) is 0. The second-order valence-electron chi connectivity index (χ2n) is 9.24. The molecule has 7 nitrogen and oxygen atoms in total. The lowest BCUT2D eigenvalue weighted by Gasteiger charge is -2.33. The highest BCUT2D eigenvalue weighted by Gasteiger charge is 2.33. The molecule has 3 aromatic rings. The Balaban J connectivity index is 1.68. The molecule has 0 spiro atoms. The molecule has 3 aromatic heterocycles. The van der Waals surface area contributed by atoms with E-state index in [0.29, 0.717) is 12.3 Å². The van der Waals surface area contributed by atoms with Gasteiger partial charge in [-0.2, -0.15) is 0 Å². The van der Waals surface area contributed by atoms with Gasteiger partial charge in [-0.25, -0.2) is 15.0 Å². The van der Waals surface area contributed by atoms with Gasteiger partial charge in [-0.05, 0) is 32.8 Å². The molecule has 5 rings (SSSR count). The minimum Gasteiger partial charge on any atom is -0.432 e. The van der Waals surface area contributed by atoms with Gasteiger partial charge < -0.3 is 19.0 Å². The third-order valence-electron chi connectivity index (χ3n) is 6.65. The van der Waals surface area contributed by atoms with E-state index < -0.39 is 0 Å². The van der Waals surface area contributed by atoms with E-state index in [1.807, 2.05) is 0 Å². The molecule has 0 radical (unpaired) electrons. The van der Waals surface area contributed by atoms with E-state index in [2.05, 4.69) is 42.6 Å². The van der Waals surface area contributed by atoms with Crippen LogP contribution >= 0.6 is 0 Å². The Morgan fingerprint density at radius 1 is 1.13 bits per heavy atom. The van der Waals surface area contributed by atoms with E-state index in [1.54, 1.807) is 11.2 Å². The van der Waals surface area contributed by atoms with E-state index in [9.17, 15) is 0 Å². The largest absolute Gasteiger partial charge is 0.432 e. The molecule has 0 saturated carbocycles. The molecule has 2 aliphatic rings. The molecule has 7 heteroatoms. The summed E-state index contributed by atoms with van der Waals surface area (Å²) in [4.78, 5) is 18.2. The van der Waals surface area contributed by atoms with Crippen molar-refractivity contribution in [3.05, 3.63) is 23.1 Å². The van der Waals surface area contributed by atoms with E-state index in [1.165, 1.54) is 17.7 Å². The van der Waals surface area contributed by atoms with Gasteiger partial charge in [0.1, 0.15) is 11.8 Å². The van der Waals surface area contributed by atoms with Crippen LogP contribution in [-0.4, -0.2) is 53.3 Å². The highest BCUT2D eigenvalue weighted by molar-refractivity contribution is 6.06. The number of aryl methyl sites for hydroxylation is 1. The van der Waals surface area contributed by atoms with Crippen LogP contribution in [0.3, 0.4) is 0 Å². The number of ether oxygens (including phenoxy) is 1. The summed E-state index contributed by atoms with van der Waals surface area (Å²) >= 11 is 0. The Kier molecular flexibility index (Phi) is 4.90. The standard InChI is InChI=1S/C23H31N5O2/c1-5-7-17-16-13-29-23(3,4)12-15(16)18-19-20(30-22(18)26-17)21(25-14-24-19)28-10-8-27(6-2)9-11-28/h14H,5-13H2,1-4H3/p+1. The maximum absolute atomic E-state index is 6.39. The maximum Gasteiger partial charge on any atom is 0.229 e. The van der Waals surface area contributed by atoms with Crippen LogP contribution in [0.1, 0.15) is 50.9 Å². The van der Waals surface area contributed by atoms with Gasteiger partial charge in [-0.1, -0.05) is 13.3 Å². The van der Waals surface area contributed by atoms with E-state index in [4.69, 9.17) is 14.1 Å². The summed E-state index contributed by atoms with van der Waals surface area (Å²) in [6.45, 7) is 14.7. The minimum absolute atomic E-state index is 0.205. The predicted octanol–water partition coefficient (Wildman–Crippen LogP) is 2.30. The normalized spacial score (nSPS) is 19.5. The number of likely N-dealkylation sites (N-methyl/N-ethyl adjacent to an activating group) is 1. The molecule has 0 unspecified atom stereocenters. The van der Waals surface area contributed by atoms with Gasteiger partial charge in [0.15, 0.2) is 11.4 Å². The lowest BCUT2D eigenvalue weighted by Crippen LogP contribution is -3.14. The number of fused-ring (bicyclic) bond motifs is 5. The van der Waals surface area contributed by atoms with Gasteiger partial charge in [0.05, 0.1) is 56.0 Å². The van der Waals surface area contributed by atoms with Crippen molar-refractivity contribution in [2.24, 2.45) is 0 Å². The van der Waals surface area contributed by atoms with Crippen LogP contribution in [-0.2, 0) is 24.2 Å². The predicted molar refractivity (Wildman–Crippen MR) is 117 cm³/mol. The SMILES string of the molecule is CCCc1nc2oc3c(N4CC[NH+](CC)CC4)ncnc3c2c2c1COC(C)(C)C2. The van der Waals surface area contributed by atoms with Crippen LogP contribution < -0.4 is 9.80 Å². The van der Waals surface area contributed by atoms with Crippen molar-refractivity contribution in [1.82, 2.24) is 15.0 Å². The fraction of sp³-hybridized carbons (Fsp3) is 0.609. The van der Waals surface area contributed by atoms with Crippen molar-refractivity contribution in [3.8, 4) is 0 Å². The van der Waals surface area contributed by atoms with Crippen molar-refractivity contribution in [1.29, 1.82) is 0 Å². The number of nitrogens with zero attached hydrogens (tertiary/aromatic N) is 4. The number of nitrogens with one attached hydrogen (secondary N) is 1. The summed E-state index contributed by atoms with van der Waals surface area (Å²) in [5, 5.41) is 1.05. The fourth-order valence-electron chi connectivity index (χ4n) is 4.92. The Morgan fingerprint density at radius 3 is 2.67 bits per heavy atom. The molecular weight excluding hydrogens is 378 g/mol. The number of rotatable bonds is 4. The highest BCUT2D eigenvalue weighted by atomic mass is 16.5. The third-order valence-corrected chi connectivity index (χ3v) is 6.65. The van der Waals surface area contributed by atoms with Crippen molar-refractivity contribution in [2.75, 3.05) is 37.6 Å². The van der Waals surface area contributed by atoms with Crippen molar-refractivity contribution in [3.63, 3.8) is 0 Å². The van der Waals surface area contributed by atoms with Gasteiger partial charge in [0.25, 0.3) is 0 Å². The van der Waals surface area contributed by atoms with E-state index in [-0.39, 0.29) is 5.60 Å². The summed E-state index contributed by atoms with van der Waals surface area (Å²) in [6, 6.07) is 0. The first-order chi connectivity index (χ1) is 14.5. The molecule has 0 aromatic carbocycles. The third kappa shape index (κ3) is 3.24. The number of quaternary nitrogens is 1. The first-order valence-electron chi connectivity index (χ1n) is 11.3. The summed E-state index contributed by atoms with van der Waals surface area (Å²) in [5.41, 5.74) is 5.79. The zero-order valence-corrected chi connectivity index (χ0v) is 18.5. The molecular formula is C23H32N5O2+.